The summed E-state index contributed by atoms with van der Waals surface area (Å²) in [7, 11) is 0. The van der Waals surface area contributed by atoms with Crippen molar-refractivity contribution >= 4 is 33.0 Å². The van der Waals surface area contributed by atoms with Gasteiger partial charge >= 0.3 is 0 Å². The number of nitriles is 1. The molecule has 1 aromatic heterocycles. The van der Waals surface area contributed by atoms with Crippen molar-refractivity contribution < 1.29 is 4.39 Å². The van der Waals surface area contributed by atoms with Gasteiger partial charge in [-0.15, -0.1) is 0 Å². The lowest BCUT2D eigenvalue weighted by atomic mass is 10.1. The molecular weight excluding hydrogens is 327 g/mol. The van der Waals surface area contributed by atoms with E-state index < -0.39 is 5.82 Å². The molecular formula is C14H12BrFN2S. The first-order valence-electron chi connectivity index (χ1n) is 5.77. The van der Waals surface area contributed by atoms with E-state index in [1.807, 2.05) is 18.4 Å². The Kier molecular flexibility index (Phi) is 4.56. The minimum absolute atomic E-state index is 0.115. The van der Waals surface area contributed by atoms with E-state index in [1.165, 1.54) is 5.56 Å². The first-order chi connectivity index (χ1) is 9.11. The third kappa shape index (κ3) is 3.34. The second-order valence-electron chi connectivity index (χ2n) is 4.28. The van der Waals surface area contributed by atoms with E-state index in [9.17, 15) is 4.39 Å². The van der Waals surface area contributed by atoms with Crippen molar-refractivity contribution in [1.29, 1.82) is 5.26 Å². The molecule has 0 aliphatic carbocycles. The first-order valence-corrected chi connectivity index (χ1v) is 7.51. The molecule has 1 unspecified atom stereocenters. The Morgan fingerprint density at radius 1 is 1.47 bits per heavy atom. The number of nitrogens with zero attached hydrogens (tertiary/aromatic N) is 1. The summed E-state index contributed by atoms with van der Waals surface area (Å²) < 4.78 is 14.2. The van der Waals surface area contributed by atoms with E-state index >= 15 is 0 Å². The molecule has 5 heteroatoms. The van der Waals surface area contributed by atoms with Crippen LogP contribution in [-0.4, -0.2) is 6.04 Å². The molecule has 19 heavy (non-hydrogen) atoms. The molecule has 2 rings (SSSR count). The third-order valence-corrected chi connectivity index (χ3v) is 4.23. The summed E-state index contributed by atoms with van der Waals surface area (Å²) in [5.41, 5.74) is 1.94. The van der Waals surface area contributed by atoms with Crippen LogP contribution in [0.1, 0.15) is 18.1 Å². The third-order valence-electron chi connectivity index (χ3n) is 2.73. The second-order valence-corrected chi connectivity index (χ2v) is 5.85. The number of thiophene rings is 1. The Balaban J connectivity index is 2.11. The lowest BCUT2D eigenvalue weighted by Crippen LogP contribution is -2.18. The van der Waals surface area contributed by atoms with Crippen molar-refractivity contribution in [3.63, 3.8) is 0 Å². The van der Waals surface area contributed by atoms with Crippen LogP contribution in [0.25, 0.3) is 0 Å². The molecule has 1 N–H and O–H groups in total. The molecule has 1 atom stereocenters. The fourth-order valence-electron chi connectivity index (χ4n) is 1.83. The number of rotatable bonds is 4. The molecule has 0 radical (unpaired) electrons. The van der Waals surface area contributed by atoms with Crippen molar-refractivity contribution in [3.05, 3.63) is 50.4 Å². The molecule has 2 nitrogen and oxygen atoms in total. The highest BCUT2D eigenvalue weighted by molar-refractivity contribution is 9.10. The van der Waals surface area contributed by atoms with Crippen LogP contribution >= 0.6 is 27.3 Å². The number of hydrogen-bond acceptors (Lipinski definition) is 3. The molecule has 1 aromatic carbocycles. The Bertz CT molecular complexity index is 605. The quantitative estimate of drug-likeness (QED) is 0.886. The molecule has 0 saturated carbocycles. The molecule has 2 aromatic rings. The zero-order chi connectivity index (χ0) is 13.8. The van der Waals surface area contributed by atoms with Gasteiger partial charge in [-0.3, -0.25) is 0 Å². The predicted molar refractivity (Wildman–Crippen MR) is 79.9 cm³/mol. The summed E-state index contributed by atoms with van der Waals surface area (Å²) in [6.07, 6.45) is 0.834. The van der Waals surface area contributed by atoms with Gasteiger partial charge in [0.1, 0.15) is 6.07 Å². The van der Waals surface area contributed by atoms with E-state index in [4.69, 9.17) is 5.26 Å². The second kappa shape index (κ2) is 6.18. The van der Waals surface area contributed by atoms with Crippen LogP contribution < -0.4 is 5.32 Å². The van der Waals surface area contributed by atoms with Crippen LogP contribution in [0.15, 0.2) is 33.4 Å². The summed E-state index contributed by atoms with van der Waals surface area (Å²) in [4.78, 5) is 0. The fourth-order valence-corrected chi connectivity index (χ4v) is 2.94. The van der Waals surface area contributed by atoms with E-state index in [-0.39, 0.29) is 10.5 Å². The standard InChI is InChI=1S/C14H12BrFN2S/c1-9(6-10-4-5-19-8-10)18-12-3-2-11(7-17)13(15)14(12)16/h2-5,8-9,18H,6H2,1H3. The Labute approximate surface area is 124 Å². The maximum atomic E-state index is 14.0. The molecule has 98 valence electrons. The van der Waals surface area contributed by atoms with Gasteiger partial charge in [0.2, 0.25) is 0 Å². The average molecular weight is 339 g/mol. The molecule has 0 saturated heterocycles. The maximum absolute atomic E-state index is 14.0. The zero-order valence-electron chi connectivity index (χ0n) is 10.3. The van der Waals surface area contributed by atoms with Crippen LogP contribution in [0.5, 0.6) is 0 Å². The van der Waals surface area contributed by atoms with E-state index in [1.54, 1.807) is 23.5 Å². The smallest absolute Gasteiger partial charge is 0.161 e. The Morgan fingerprint density at radius 3 is 2.89 bits per heavy atom. The van der Waals surface area contributed by atoms with E-state index in [2.05, 4.69) is 32.7 Å². The molecule has 0 aliphatic heterocycles. The highest BCUT2D eigenvalue weighted by atomic mass is 79.9. The maximum Gasteiger partial charge on any atom is 0.161 e. The molecule has 0 spiro atoms. The van der Waals surface area contributed by atoms with Crippen molar-refractivity contribution in [2.75, 3.05) is 5.32 Å². The summed E-state index contributed by atoms with van der Waals surface area (Å²) >= 11 is 4.76. The minimum atomic E-state index is -0.420. The number of hydrogen-bond donors (Lipinski definition) is 1. The van der Waals surface area contributed by atoms with Crippen molar-refractivity contribution in [1.82, 2.24) is 0 Å². The minimum Gasteiger partial charge on any atom is -0.380 e. The molecule has 0 amide bonds. The number of halogens is 2. The normalized spacial score (nSPS) is 11.9. The van der Waals surface area contributed by atoms with E-state index in [0.717, 1.165) is 6.42 Å². The van der Waals surface area contributed by atoms with Crippen molar-refractivity contribution in [2.24, 2.45) is 0 Å². The van der Waals surface area contributed by atoms with Crippen LogP contribution in [0.2, 0.25) is 0 Å². The summed E-state index contributed by atoms with van der Waals surface area (Å²) in [6, 6.07) is 7.32. The number of nitrogens with one attached hydrogen (secondary N) is 1. The van der Waals surface area contributed by atoms with Crippen LogP contribution in [0.3, 0.4) is 0 Å². The van der Waals surface area contributed by atoms with Gasteiger partial charge in [-0.05, 0) is 63.8 Å². The zero-order valence-corrected chi connectivity index (χ0v) is 12.7. The topological polar surface area (TPSA) is 35.8 Å². The van der Waals surface area contributed by atoms with Gasteiger partial charge < -0.3 is 5.32 Å². The van der Waals surface area contributed by atoms with Crippen molar-refractivity contribution in [3.8, 4) is 6.07 Å². The molecule has 0 fully saturated rings. The van der Waals surface area contributed by atoms with Gasteiger partial charge in [-0.2, -0.15) is 16.6 Å². The summed E-state index contributed by atoms with van der Waals surface area (Å²) in [5, 5.41) is 16.1. The van der Waals surface area contributed by atoms with Crippen LogP contribution in [-0.2, 0) is 6.42 Å². The van der Waals surface area contributed by atoms with Gasteiger partial charge in [-0.25, -0.2) is 4.39 Å². The molecule has 0 aliphatic rings. The number of anilines is 1. The Morgan fingerprint density at radius 2 is 2.26 bits per heavy atom. The highest BCUT2D eigenvalue weighted by Crippen LogP contribution is 2.27. The largest absolute Gasteiger partial charge is 0.380 e. The van der Waals surface area contributed by atoms with Gasteiger partial charge in [0.15, 0.2) is 5.82 Å². The van der Waals surface area contributed by atoms with E-state index in [0.29, 0.717) is 11.3 Å². The van der Waals surface area contributed by atoms with Gasteiger partial charge in [-0.1, -0.05) is 0 Å². The summed E-state index contributed by atoms with van der Waals surface area (Å²) in [5.74, 6) is -0.420. The predicted octanol–water partition coefficient (Wildman–Crippen LogP) is 4.56. The highest BCUT2D eigenvalue weighted by Gasteiger charge is 2.13. The Hall–Kier alpha value is -1.38. The fraction of sp³-hybridized carbons (Fsp3) is 0.214. The van der Waals surface area contributed by atoms with Gasteiger partial charge in [0.05, 0.1) is 15.7 Å². The summed E-state index contributed by atoms with van der Waals surface area (Å²) in [6.45, 7) is 2.00. The van der Waals surface area contributed by atoms with Crippen LogP contribution in [0.4, 0.5) is 10.1 Å². The number of benzene rings is 1. The monoisotopic (exact) mass is 338 g/mol. The molecule has 1 heterocycles. The van der Waals surface area contributed by atoms with Gasteiger partial charge in [0.25, 0.3) is 0 Å². The SMILES string of the molecule is CC(Cc1ccsc1)Nc1ccc(C#N)c(Br)c1F. The molecule has 0 bridgehead atoms. The van der Waals surface area contributed by atoms with Gasteiger partial charge in [0, 0.05) is 6.04 Å². The van der Waals surface area contributed by atoms with Crippen molar-refractivity contribution in [2.45, 2.75) is 19.4 Å². The van der Waals surface area contributed by atoms with Crippen LogP contribution in [0, 0.1) is 17.1 Å². The average Bonchev–Trinajstić information content (AvgIpc) is 2.88. The lowest BCUT2D eigenvalue weighted by molar-refractivity contribution is 0.619. The first kappa shape index (κ1) is 14.0. The lowest BCUT2D eigenvalue weighted by Gasteiger charge is -2.16.